The molecule has 21 heavy (non-hydrogen) atoms. The van der Waals surface area contributed by atoms with Crippen LogP contribution in [0.2, 0.25) is 0 Å². The van der Waals surface area contributed by atoms with Crippen molar-refractivity contribution in [1.82, 2.24) is 0 Å². The molecule has 0 spiro atoms. The number of ether oxygens (including phenoxy) is 2. The first-order chi connectivity index (χ1) is 10.2. The van der Waals surface area contributed by atoms with Gasteiger partial charge >= 0.3 is 11.9 Å². The zero-order chi connectivity index (χ0) is 14.7. The smallest absolute Gasteiger partial charge is 0.338 e. The molecule has 108 valence electrons. The summed E-state index contributed by atoms with van der Waals surface area (Å²) in [5.74, 6) is 0.360. The number of hydrogen-bond acceptors (Lipinski definition) is 4. The molecule has 0 amide bonds. The van der Waals surface area contributed by atoms with Crippen LogP contribution in [0.3, 0.4) is 0 Å². The third-order valence-corrected chi connectivity index (χ3v) is 3.60. The fraction of sp³-hybridized carbons (Fsp3) is 0.294. The van der Waals surface area contributed by atoms with Gasteiger partial charge < -0.3 is 9.47 Å². The Morgan fingerprint density at radius 3 is 2.43 bits per heavy atom. The van der Waals surface area contributed by atoms with E-state index in [1.165, 1.54) is 0 Å². The fourth-order valence-corrected chi connectivity index (χ4v) is 2.31. The number of esters is 2. The van der Waals surface area contributed by atoms with Crippen molar-refractivity contribution in [2.45, 2.75) is 6.42 Å². The molecule has 0 bridgehead atoms. The SMILES string of the molecule is O=C(OCCOC(=O)c1ccccc1)C1=CC2CC2C=C1. The molecule has 0 radical (unpaired) electrons. The minimum Gasteiger partial charge on any atom is -0.458 e. The molecule has 4 heteroatoms. The summed E-state index contributed by atoms with van der Waals surface area (Å²) in [6.07, 6.45) is 6.95. The van der Waals surface area contributed by atoms with Crippen LogP contribution >= 0.6 is 0 Å². The summed E-state index contributed by atoms with van der Waals surface area (Å²) < 4.78 is 10.1. The second kappa shape index (κ2) is 5.95. The van der Waals surface area contributed by atoms with Crippen molar-refractivity contribution < 1.29 is 19.1 Å². The van der Waals surface area contributed by atoms with E-state index in [2.05, 4.69) is 6.08 Å². The van der Waals surface area contributed by atoms with E-state index in [1.807, 2.05) is 18.2 Å². The van der Waals surface area contributed by atoms with Crippen LogP contribution in [0.4, 0.5) is 0 Å². The molecule has 1 saturated carbocycles. The Labute approximate surface area is 123 Å². The monoisotopic (exact) mass is 284 g/mol. The van der Waals surface area contributed by atoms with Gasteiger partial charge in [-0.15, -0.1) is 0 Å². The average molecular weight is 284 g/mol. The van der Waals surface area contributed by atoms with Gasteiger partial charge in [-0.2, -0.15) is 0 Å². The quantitative estimate of drug-likeness (QED) is 0.616. The summed E-state index contributed by atoms with van der Waals surface area (Å²) >= 11 is 0. The van der Waals surface area contributed by atoms with Crippen molar-refractivity contribution >= 4 is 11.9 Å². The van der Waals surface area contributed by atoms with Gasteiger partial charge in [-0.05, 0) is 30.4 Å². The Morgan fingerprint density at radius 1 is 1.00 bits per heavy atom. The predicted molar refractivity (Wildman–Crippen MR) is 76.5 cm³/mol. The summed E-state index contributed by atoms with van der Waals surface area (Å²) in [7, 11) is 0. The Morgan fingerprint density at radius 2 is 1.71 bits per heavy atom. The van der Waals surface area contributed by atoms with Crippen LogP contribution in [0.5, 0.6) is 0 Å². The van der Waals surface area contributed by atoms with E-state index >= 15 is 0 Å². The summed E-state index contributed by atoms with van der Waals surface area (Å²) in [5.41, 5.74) is 1.09. The Bertz CT molecular complexity index is 600. The molecule has 2 atom stereocenters. The van der Waals surface area contributed by atoms with Crippen molar-refractivity contribution in [1.29, 1.82) is 0 Å². The second-order valence-corrected chi connectivity index (χ2v) is 5.18. The summed E-state index contributed by atoms with van der Waals surface area (Å²) in [5, 5.41) is 0. The molecular weight excluding hydrogens is 268 g/mol. The number of fused-ring (bicyclic) bond motifs is 1. The summed E-state index contributed by atoms with van der Waals surface area (Å²) in [6.45, 7) is 0.124. The van der Waals surface area contributed by atoms with E-state index in [4.69, 9.17) is 9.47 Å². The number of carbonyl (C=O) groups excluding carboxylic acids is 2. The van der Waals surface area contributed by atoms with Gasteiger partial charge in [-0.1, -0.05) is 36.4 Å². The molecular formula is C17H16O4. The Balaban J connectivity index is 1.39. The molecule has 0 N–H and O–H groups in total. The summed E-state index contributed by atoms with van der Waals surface area (Å²) in [6, 6.07) is 8.72. The van der Waals surface area contributed by atoms with E-state index < -0.39 is 5.97 Å². The van der Waals surface area contributed by atoms with Crippen LogP contribution in [0.25, 0.3) is 0 Å². The fourth-order valence-electron chi connectivity index (χ4n) is 2.31. The minimum atomic E-state index is -0.413. The lowest BCUT2D eigenvalue weighted by molar-refractivity contribution is -0.139. The molecule has 0 aliphatic heterocycles. The van der Waals surface area contributed by atoms with Crippen LogP contribution in [0.1, 0.15) is 16.8 Å². The van der Waals surface area contributed by atoms with Gasteiger partial charge in [0.25, 0.3) is 0 Å². The van der Waals surface area contributed by atoms with Gasteiger partial charge in [0.15, 0.2) is 0 Å². The highest BCUT2D eigenvalue weighted by Gasteiger charge is 2.36. The van der Waals surface area contributed by atoms with Crippen LogP contribution in [0, 0.1) is 11.8 Å². The van der Waals surface area contributed by atoms with E-state index in [1.54, 1.807) is 24.3 Å². The van der Waals surface area contributed by atoms with E-state index in [-0.39, 0.29) is 19.2 Å². The highest BCUT2D eigenvalue weighted by molar-refractivity contribution is 5.92. The van der Waals surface area contributed by atoms with Crippen molar-refractivity contribution in [2.75, 3.05) is 13.2 Å². The highest BCUT2D eigenvalue weighted by Crippen LogP contribution is 2.44. The first-order valence-electron chi connectivity index (χ1n) is 7.03. The zero-order valence-electron chi connectivity index (χ0n) is 11.5. The molecule has 1 aromatic rings. The van der Waals surface area contributed by atoms with Gasteiger partial charge in [-0.3, -0.25) is 0 Å². The average Bonchev–Trinajstić information content (AvgIpc) is 3.30. The van der Waals surface area contributed by atoms with Gasteiger partial charge in [0.2, 0.25) is 0 Å². The number of carbonyl (C=O) groups is 2. The first-order valence-corrected chi connectivity index (χ1v) is 7.03. The lowest BCUT2D eigenvalue weighted by atomic mass is 10.1. The van der Waals surface area contributed by atoms with Gasteiger partial charge in [0.1, 0.15) is 13.2 Å². The molecule has 4 nitrogen and oxygen atoms in total. The topological polar surface area (TPSA) is 52.6 Å². The molecule has 3 rings (SSSR count). The summed E-state index contributed by atoms with van der Waals surface area (Å²) in [4.78, 5) is 23.4. The van der Waals surface area contributed by atoms with Crippen molar-refractivity contribution in [3.05, 3.63) is 59.7 Å². The maximum atomic E-state index is 11.8. The number of hydrogen-bond donors (Lipinski definition) is 0. The van der Waals surface area contributed by atoms with Gasteiger partial charge in [0.05, 0.1) is 11.1 Å². The predicted octanol–water partition coefficient (Wildman–Crippen LogP) is 2.52. The third kappa shape index (κ3) is 3.40. The molecule has 0 aromatic heterocycles. The zero-order valence-corrected chi connectivity index (χ0v) is 11.5. The van der Waals surface area contributed by atoms with Gasteiger partial charge in [0, 0.05) is 0 Å². The van der Waals surface area contributed by atoms with Crippen LogP contribution in [-0.2, 0) is 14.3 Å². The third-order valence-electron chi connectivity index (χ3n) is 3.60. The Kier molecular flexibility index (Phi) is 3.86. The molecule has 2 unspecified atom stereocenters. The molecule has 1 aromatic carbocycles. The number of benzene rings is 1. The van der Waals surface area contributed by atoms with Crippen molar-refractivity contribution in [3.63, 3.8) is 0 Å². The second-order valence-electron chi connectivity index (χ2n) is 5.18. The standard InChI is InChI=1S/C17H16O4/c18-16(12-4-2-1-3-5-12)20-8-9-21-17(19)14-7-6-13-10-15(13)11-14/h1-7,11,13,15H,8-10H2. The molecule has 1 fully saturated rings. The van der Waals surface area contributed by atoms with E-state index in [0.717, 1.165) is 6.42 Å². The van der Waals surface area contributed by atoms with Crippen LogP contribution < -0.4 is 0 Å². The number of rotatable bonds is 5. The molecule has 2 aliphatic rings. The van der Waals surface area contributed by atoms with Crippen LogP contribution in [-0.4, -0.2) is 25.2 Å². The minimum absolute atomic E-state index is 0.0581. The molecule has 0 saturated heterocycles. The lowest BCUT2D eigenvalue weighted by Crippen LogP contribution is -2.15. The lowest BCUT2D eigenvalue weighted by Gasteiger charge is -2.08. The van der Waals surface area contributed by atoms with Crippen molar-refractivity contribution in [3.8, 4) is 0 Å². The largest absolute Gasteiger partial charge is 0.458 e. The first kappa shape index (κ1) is 13.6. The highest BCUT2D eigenvalue weighted by atomic mass is 16.6. The Hall–Kier alpha value is -2.36. The van der Waals surface area contributed by atoms with E-state index in [0.29, 0.717) is 23.0 Å². The maximum absolute atomic E-state index is 11.8. The van der Waals surface area contributed by atoms with E-state index in [9.17, 15) is 9.59 Å². The molecule has 2 aliphatic carbocycles. The number of allylic oxidation sites excluding steroid dienone is 2. The van der Waals surface area contributed by atoms with Gasteiger partial charge in [-0.25, -0.2) is 9.59 Å². The maximum Gasteiger partial charge on any atom is 0.338 e. The molecule has 0 heterocycles. The van der Waals surface area contributed by atoms with Crippen LogP contribution in [0.15, 0.2) is 54.1 Å². The normalized spacial score (nSPS) is 22.0. The van der Waals surface area contributed by atoms with Crippen molar-refractivity contribution in [2.24, 2.45) is 11.8 Å².